The smallest absolute Gasteiger partial charge is 0.439 e. The minimum atomic E-state index is -0.597. The zero-order chi connectivity index (χ0) is 11.4. The molecule has 0 radical (unpaired) electrons. The number of ether oxygens (including phenoxy) is 1. The molecular weight excluding hydrogens is 202 g/mol. The number of rotatable bonds is 3. The second-order valence-corrected chi connectivity index (χ2v) is 3.80. The van der Waals surface area contributed by atoms with E-state index in [2.05, 4.69) is 10.0 Å². The molecule has 0 saturated carbocycles. The molecule has 0 N–H and O–H groups in total. The van der Waals surface area contributed by atoms with Gasteiger partial charge in [0.05, 0.1) is 0 Å². The number of amides is 1. The van der Waals surface area contributed by atoms with Crippen LogP contribution < -0.4 is 0 Å². The largest absolute Gasteiger partial charge is 0.445 e. The van der Waals surface area contributed by atoms with Gasteiger partial charge >= 0.3 is 6.09 Å². The predicted octanol–water partition coefficient (Wildman–Crippen LogP) is 2.01. The van der Waals surface area contributed by atoms with E-state index in [1.165, 1.54) is 0 Å². The average Bonchev–Trinajstić information content (AvgIpc) is 2.65. The number of nitrogens with zero attached hydrogens (tertiary/aromatic N) is 1. The lowest BCUT2D eigenvalue weighted by Gasteiger charge is -2.20. The van der Waals surface area contributed by atoms with E-state index in [9.17, 15) is 4.79 Å². The maximum Gasteiger partial charge on any atom is 0.439 e. The summed E-state index contributed by atoms with van der Waals surface area (Å²) in [7, 11) is 0. The third kappa shape index (κ3) is 3.05. The monoisotopic (exact) mass is 219 g/mol. The summed E-state index contributed by atoms with van der Waals surface area (Å²) in [4.78, 5) is 20.9. The van der Waals surface area contributed by atoms with Crippen LogP contribution in [0.1, 0.15) is 34.1 Å². The number of carbonyl (C=O) groups excluding carboxylic acids is 1. The molecule has 0 bridgehead atoms. The number of hydrogen-bond donors (Lipinski definition) is 0. The highest BCUT2D eigenvalue weighted by Crippen LogP contribution is 2.21. The van der Waals surface area contributed by atoms with Crippen LogP contribution >= 0.6 is 0 Å². The molecule has 0 aromatic rings. The Kier molecular flexibility index (Phi) is 4.31. The van der Waals surface area contributed by atoms with Crippen LogP contribution in [-0.4, -0.2) is 23.5 Å². The van der Waals surface area contributed by atoms with E-state index < -0.39 is 12.3 Å². The molecule has 15 heavy (non-hydrogen) atoms. The summed E-state index contributed by atoms with van der Waals surface area (Å²) in [5, 5.41) is 5.25. The third-order valence-corrected chi connectivity index (χ3v) is 2.11. The summed E-state index contributed by atoms with van der Waals surface area (Å²) in [6.45, 7) is 7.49. The van der Waals surface area contributed by atoms with Crippen molar-refractivity contribution < 1.29 is 24.4 Å². The maximum atomic E-state index is 11.5. The summed E-state index contributed by atoms with van der Waals surface area (Å²) >= 11 is 0. The van der Waals surface area contributed by atoms with Gasteiger partial charge in [-0.1, -0.05) is 25.8 Å². The zero-order valence-corrected chi connectivity index (χ0v) is 9.43. The number of carbonyl (C=O) groups is 1. The van der Waals surface area contributed by atoms with E-state index in [4.69, 9.17) is 9.62 Å². The fourth-order valence-electron chi connectivity index (χ4n) is 0.996. The molecule has 1 aliphatic heterocycles. The van der Waals surface area contributed by atoms with Gasteiger partial charge in [0.25, 0.3) is 0 Å². The molecule has 0 spiro atoms. The molecule has 88 valence electrons. The Balaban J connectivity index is 2.51. The van der Waals surface area contributed by atoms with Gasteiger partial charge in [-0.25, -0.2) is 4.79 Å². The molecule has 6 nitrogen and oxygen atoms in total. The van der Waals surface area contributed by atoms with Crippen molar-refractivity contribution in [3.05, 3.63) is 0 Å². The Morgan fingerprint density at radius 1 is 1.47 bits per heavy atom. The third-order valence-electron chi connectivity index (χ3n) is 2.11. The fraction of sp³-hybridized carbons (Fsp3) is 0.889. The van der Waals surface area contributed by atoms with Crippen LogP contribution in [0, 0.1) is 5.92 Å². The van der Waals surface area contributed by atoms with Gasteiger partial charge in [-0.2, -0.15) is 4.89 Å². The highest BCUT2D eigenvalue weighted by Gasteiger charge is 2.38. The Morgan fingerprint density at radius 2 is 2.13 bits per heavy atom. The molecule has 1 amide bonds. The summed E-state index contributed by atoms with van der Waals surface area (Å²) in [6, 6.07) is 0. The van der Waals surface area contributed by atoms with Gasteiger partial charge in [0.2, 0.25) is 6.23 Å². The van der Waals surface area contributed by atoms with E-state index in [-0.39, 0.29) is 12.0 Å². The minimum absolute atomic E-state index is 0.0528. The van der Waals surface area contributed by atoms with Crippen LogP contribution in [0.5, 0.6) is 0 Å². The lowest BCUT2D eigenvalue weighted by molar-refractivity contribution is -0.489. The molecule has 0 aliphatic carbocycles. The first-order valence-electron chi connectivity index (χ1n) is 5.06. The minimum Gasteiger partial charge on any atom is -0.445 e. The Labute approximate surface area is 88.8 Å². The summed E-state index contributed by atoms with van der Waals surface area (Å²) in [6.07, 6.45) is -0.579. The maximum absolute atomic E-state index is 11.5. The average molecular weight is 219 g/mol. The van der Waals surface area contributed by atoms with Crippen molar-refractivity contribution in [3.63, 3.8) is 0 Å². The fourth-order valence-corrected chi connectivity index (χ4v) is 0.996. The van der Waals surface area contributed by atoms with Crippen molar-refractivity contribution in [3.8, 4) is 0 Å². The normalized spacial score (nSPS) is 23.3. The zero-order valence-electron chi connectivity index (χ0n) is 9.43. The van der Waals surface area contributed by atoms with Gasteiger partial charge in [0.1, 0.15) is 6.10 Å². The van der Waals surface area contributed by atoms with Gasteiger partial charge in [-0.05, 0) is 18.4 Å². The molecule has 1 rings (SSSR count). The lowest BCUT2D eigenvalue weighted by Crippen LogP contribution is -2.39. The first-order chi connectivity index (χ1) is 7.06. The Bertz CT molecular complexity index is 221. The van der Waals surface area contributed by atoms with Crippen molar-refractivity contribution in [2.45, 2.75) is 46.4 Å². The van der Waals surface area contributed by atoms with Gasteiger partial charge in [0, 0.05) is 5.92 Å². The second kappa shape index (κ2) is 5.29. The van der Waals surface area contributed by atoms with E-state index in [0.717, 1.165) is 11.5 Å². The van der Waals surface area contributed by atoms with Crippen LogP contribution in [-0.2, 0) is 19.7 Å². The van der Waals surface area contributed by atoms with Crippen molar-refractivity contribution in [2.24, 2.45) is 5.92 Å². The van der Waals surface area contributed by atoms with Crippen LogP contribution in [0.15, 0.2) is 0 Å². The Hall–Kier alpha value is -0.850. The van der Waals surface area contributed by atoms with E-state index in [1.54, 1.807) is 6.92 Å². The molecule has 0 aromatic heterocycles. The van der Waals surface area contributed by atoms with Crippen molar-refractivity contribution in [1.82, 2.24) is 5.06 Å². The second-order valence-electron chi connectivity index (χ2n) is 3.80. The van der Waals surface area contributed by atoms with Gasteiger partial charge in [-0.3, -0.25) is 0 Å². The first kappa shape index (κ1) is 12.2. The van der Waals surface area contributed by atoms with Crippen LogP contribution in [0.4, 0.5) is 4.79 Å². The molecule has 1 fully saturated rings. The molecule has 1 aliphatic rings. The molecule has 2 unspecified atom stereocenters. The van der Waals surface area contributed by atoms with E-state index in [0.29, 0.717) is 0 Å². The summed E-state index contributed by atoms with van der Waals surface area (Å²) < 4.78 is 5.07. The lowest BCUT2D eigenvalue weighted by atomic mass is 10.2. The van der Waals surface area contributed by atoms with Crippen LogP contribution in [0.25, 0.3) is 0 Å². The van der Waals surface area contributed by atoms with Gasteiger partial charge in [0.15, 0.2) is 0 Å². The molecule has 1 heterocycles. The Morgan fingerprint density at radius 3 is 2.67 bits per heavy atom. The van der Waals surface area contributed by atoms with Crippen LogP contribution in [0.3, 0.4) is 0 Å². The molecule has 2 atom stereocenters. The topological polar surface area (TPSA) is 57.2 Å². The van der Waals surface area contributed by atoms with Crippen molar-refractivity contribution in [1.29, 1.82) is 0 Å². The van der Waals surface area contributed by atoms with Gasteiger partial charge < -0.3 is 4.74 Å². The van der Waals surface area contributed by atoms with E-state index >= 15 is 0 Å². The van der Waals surface area contributed by atoms with Crippen molar-refractivity contribution >= 4 is 6.09 Å². The highest BCUT2D eigenvalue weighted by molar-refractivity contribution is 5.66. The van der Waals surface area contributed by atoms with Gasteiger partial charge in [-0.15, -0.1) is 5.06 Å². The highest BCUT2D eigenvalue weighted by atomic mass is 17.6. The number of hydrogen-bond acceptors (Lipinski definition) is 5. The molecule has 0 aromatic carbocycles. The predicted molar refractivity (Wildman–Crippen MR) is 50.0 cm³/mol. The molecule has 1 saturated heterocycles. The van der Waals surface area contributed by atoms with E-state index in [1.807, 2.05) is 20.8 Å². The first-order valence-corrected chi connectivity index (χ1v) is 5.06. The quantitative estimate of drug-likeness (QED) is 0.679. The number of hydroxylamine groups is 2. The summed E-state index contributed by atoms with van der Waals surface area (Å²) in [5.74, 6) is 0.0528. The SMILES string of the molecule is CCC(C)OC(=O)N1OOOC1C(C)C. The standard InChI is InChI=1S/C9H17NO5/c1-5-7(4)12-9(11)10-8(6(2)3)13-15-14-10/h6-8H,5H2,1-4H3. The molecular formula is C9H17NO5. The summed E-state index contributed by atoms with van der Waals surface area (Å²) in [5.41, 5.74) is 0. The van der Waals surface area contributed by atoms with Crippen LogP contribution in [0.2, 0.25) is 0 Å². The molecule has 6 heteroatoms. The van der Waals surface area contributed by atoms with Crippen molar-refractivity contribution in [2.75, 3.05) is 0 Å².